The van der Waals surface area contributed by atoms with E-state index in [2.05, 4.69) is 25.7 Å². The molecular formula is C38H77NO2. The number of aliphatic hydroxyl groups excluding tert-OH is 1. The molecule has 0 spiro atoms. The van der Waals surface area contributed by atoms with Gasteiger partial charge in [0.2, 0.25) is 0 Å². The first-order valence-electron chi connectivity index (χ1n) is 18.8. The maximum atomic E-state index is 10.8. The topological polar surface area (TPSA) is 41.5 Å². The van der Waals surface area contributed by atoms with Crippen LogP contribution in [0.2, 0.25) is 0 Å². The summed E-state index contributed by atoms with van der Waals surface area (Å²) in [5, 5.41) is 14.3. The molecule has 41 heavy (non-hydrogen) atoms. The lowest BCUT2D eigenvalue weighted by Crippen LogP contribution is -2.42. The predicted octanol–water partition coefficient (Wildman–Crippen LogP) is 12.2. The molecule has 2 unspecified atom stereocenters. The fourth-order valence-corrected chi connectivity index (χ4v) is 6.04. The number of hydrogen-bond donors (Lipinski definition) is 2. The molecule has 2 atom stereocenters. The SMILES string of the molecule is C=C(CCCCCCCCCCCCCCCCC)NC(COC)C(O)CCCCCCCCCCCCCCC. The quantitative estimate of drug-likeness (QED) is 0.0734. The summed E-state index contributed by atoms with van der Waals surface area (Å²) >= 11 is 0. The highest BCUT2D eigenvalue weighted by Crippen LogP contribution is 2.17. The molecule has 0 amide bonds. The highest BCUT2D eigenvalue weighted by Gasteiger charge is 2.19. The van der Waals surface area contributed by atoms with E-state index in [4.69, 9.17) is 4.74 Å². The Bertz CT molecular complexity index is 509. The summed E-state index contributed by atoms with van der Waals surface area (Å²) in [4.78, 5) is 0. The lowest BCUT2D eigenvalue weighted by Gasteiger charge is -2.25. The van der Waals surface area contributed by atoms with E-state index in [0.29, 0.717) is 6.61 Å². The van der Waals surface area contributed by atoms with Crippen LogP contribution in [0.4, 0.5) is 0 Å². The van der Waals surface area contributed by atoms with E-state index >= 15 is 0 Å². The molecule has 246 valence electrons. The van der Waals surface area contributed by atoms with Crippen molar-refractivity contribution in [3.8, 4) is 0 Å². The van der Waals surface area contributed by atoms with Gasteiger partial charge in [-0.25, -0.2) is 0 Å². The average molecular weight is 580 g/mol. The molecule has 0 aromatic carbocycles. The third-order valence-corrected chi connectivity index (χ3v) is 8.89. The van der Waals surface area contributed by atoms with Gasteiger partial charge in [0.1, 0.15) is 0 Å². The Morgan fingerprint density at radius 1 is 0.537 bits per heavy atom. The second kappa shape index (κ2) is 34.0. The van der Waals surface area contributed by atoms with Crippen molar-refractivity contribution >= 4 is 0 Å². The van der Waals surface area contributed by atoms with Crippen LogP contribution in [0.1, 0.15) is 206 Å². The van der Waals surface area contributed by atoms with E-state index in [1.54, 1.807) is 7.11 Å². The molecule has 0 heterocycles. The van der Waals surface area contributed by atoms with Crippen molar-refractivity contribution in [1.82, 2.24) is 5.32 Å². The number of nitrogens with one attached hydrogen (secondary N) is 1. The van der Waals surface area contributed by atoms with Crippen LogP contribution in [0.15, 0.2) is 12.3 Å². The maximum Gasteiger partial charge on any atom is 0.0763 e. The van der Waals surface area contributed by atoms with Gasteiger partial charge >= 0.3 is 0 Å². The molecule has 0 rings (SSSR count). The smallest absolute Gasteiger partial charge is 0.0763 e. The number of rotatable bonds is 35. The zero-order valence-corrected chi connectivity index (χ0v) is 28.6. The first kappa shape index (κ1) is 40.5. The first-order chi connectivity index (χ1) is 20.2. The average Bonchev–Trinajstić information content (AvgIpc) is 2.97. The third kappa shape index (κ3) is 30.7. The van der Waals surface area contributed by atoms with Crippen LogP contribution in [-0.2, 0) is 4.74 Å². The Kier molecular flexibility index (Phi) is 33.5. The van der Waals surface area contributed by atoms with E-state index in [-0.39, 0.29) is 12.1 Å². The molecule has 0 saturated heterocycles. The predicted molar refractivity (Wildman–Crippen MR) is 184 cm³/mol. The van der Waals surface area contributed by atoms with Gasteiger partial charge in [0.25, 0.3) is 0 Å². The molecule has 0 aliphatic carbocycles. The minimum Gasteiger partial charge on any atom is -0.391 e. The van der Waals surface area contributed by atoms with Crippen molar-refractivity contribution in [3.05, 3.63) is 12.3 Å². The van der Waals surface area contributed by atoms with Crippen LogP contribution in [0.3, 0.4) is 0 Å². The minimum absolute atomic E-state index is 0.0406. The summed E-state index contributed by atoms with van der Waals surface area (Å²) in [5.74, 6) is 0. The number of unbranched alkanes of at least 4 members (excludes halogenated alkanes) is 26. The maximum absolute atomic E-state index is 10.8. The van der Waals surface area contributed by atoms with Gasteiger partial charge in [-0.15, -0.1) is 0 Å². The van der Waals surface area contributed by atoms with Gasteiger partial charge in [-0.3, -0.25) is 0 Å². The second-order valence-electron chi connectivity index (χ2n) is 13.1. The monoisotopic (exact) mass is 580 g/mol. The molecule has 0 fully saturated rings. The summed E-state index contributed by atoms with van der Waals surface area (Å²) in [6, 6.07) is -0.0406. The van der Waals surface area contributed by atoms with Crippen LogP contribution < -0.4 is 5.32 Å². The van der Waals surface area contributed by atoms with Crippen molar-refractivity contribution in [2.45, 2.75) is 219 Å². The molecule has 0 aromatic heterocycles. The second-order valence-corrected chi connectivity index (χ2v) is 13.1. The van der Waals surface area contributed by atoms with Gasteiger partial charge in [-0.2, -0.15) is 0 Å². The fourth-order valence-electron chi connectivity index (χ4n) is 6.04. The molecule has 0 aliphatic rings. The Labute approximate surface area is 259 Å². The van der Waals surface area contributed by atoms with Crippen LogP contribution in [-0.4, -0.2) is 31.0 Å². The number of hydrogen-bond acceptors (Lipinski definition) is 3. The largest absolute Gasteiger partial charge is 0.391 e. The number of ether oxygens (including phenoxy) is 1. The number of methoxy groups -OCH3 is 1. The van der Waals surface area contributed by atoms with Gasteiger partial charge in [0, 0.05) is 12.8 Å². The lowest BCUT2D eigenvalue weighted by atomic mass is 10.0. The Hall–Kier alpha value is -0.540. The molecular weight excluding hydrogens is 502 g/mol. The summed E-state index contributed by atoms with van der Waals surface area (Å²) in [5.41, 5.74) is 1.06. The van der Waals surface area contributed by atoms with Crippen LogP contribution in [0.5, 0.6) is 0 Å². The van der Waals surface area contributed by atoms with Gasteiger partial charge < -0.3 is 15.2 Å². The van der Waals surface area contributed by atoms with Crippen molar-refractivity contribution in [2.24, 2.45) is 0 Å². The van der Waals surface area contributed by atoms with Gasteiger partial charge in [-0.1, -0.05) is 194 Å². The van der Waals surface area contributed by atoms with E-state index in [1.807, 2.05) is 0 Å². The highest BCUT2D eigenvalue weighted by atomic mass is 16.5. The van der Waals surface area contributed by atoms with E-state index in [0.717, 1.165) is 25.0 Å². The molecule has 2 N–H and O–H groups in total. The lowest BCUT2D eigenvalue weighted by molar-refractivity contribution is 0.0671. The van der Waals surface area contributed by atoms with Crippen molar-refractivity contribution in [2.75, 3.05) is 13.7 Å². The van der Waals surface area contributed by atoms with Gasteiger partial charge in [0.15, 0.2) is 0 Å². The van der Waals surface area contributed by atoms with E-state index < -0.39 is 0 Å². The summed E-state index contributed by atoms with van der Waals surface area (Å²) in [6.07, 6.45) is 40.0. The van der Waals surface area contributed by atoms with Crippen molar-refractivity contribution in [1.29, 1.82) is 0 Å². The Morgan fingerprint density at radius 3 is 1.20 bits per heavy atom. The zero-order chi connectivity index (χ0) is 30.1. The van der Waals surface area contributed by atoms with E-state index in [1.165, 1.54) is 173 Å². The van der Waals surface area contributed by atoms with E-state index in [9.17, 15) is 5.11 Å². The molecule has 0 bridgehead atoms. The number of aliphatic hydroxyl groups is 1. The van der Waals surface area contributed by atoms with Gasteiger partial charge in [0.05, 0.1) is 18.8 Å². The van der Waals surface area contributed by atoms with Crippen LogP contribution in [0.25, 0.3) is 0 Å². The van der Waals surface area contributed by atoms with Crippen molar-refractivity contribution in [3.63, 3.8) is 0 Å². The molecule has 3 nitrogen and oxygen atoms in total. The van der Waals surface area contributed by atoms with Gasteiger partial charge in [-0.05, 0) is 19.3 Å². The summed E-state index contributed by atoms with van der Waals surface area (Å²) < 4.78 is 5.41. The molecule has 0 aromatic rings. The standard InChI is InChI=1S/C38H77NO2/c1-5-7-9-11-13-15-17-19-20-22-23-25-27-29-31-33-36(3)39-37(35-41-4)38(40)34-32-30-28-26-24-21-18-16-14-12-10-8-6-2/h37-40H,3,5-35H2,1-2,4H3. The summed E-state index contributed by atoms with van der Waals surface area (Å²) in [7, 11) is 1.73. The molecule has 0 radical (unpaired) electrons. The van der Waals surface area contributed by atoms with Crippen molar-refractivity contribution < 1.29 is 9.84 Å². The Balaban J connectivity index is 3.63. The normalized spacial score (nSPS) is 13.0. The first-order valence-corrected chi connectivity index (χ1v) is 18.8. The summed E-state index contributed by atoms with van der Waals surface area (Å²) in [6.45, 7) is 9.37. The third-order valence-electron chi connectivity index (χ3n) is 8.89. The van der Waals surface area contributed by atoms with Crippen LogP contribution in [0, 0.1) is 0 Å². The molecule has 0 aliphatic heterocycles. The minimum atomic E-state index is -0.361. The molecule has 3 heteroatoms. The number of allylic oxidation sites excluding steroid dienone is 1. The van der Waals surface area contributed by atoms with Crippen LogP contribution >= 0.6 is 0 Å². The Morgan fingerprint density at radius 2 is 0.854 bits per heavy atom. The molecule has 0 saturated carbocycles. The highest BCUT2D eigenvalue weighted by molar-refractivity contribution is 4.95. The zero-order valence-electron chi connectivity index (χ0n) is 28.6. The fraction of sp³-hybridized carbons (Fsp3) is 0.947.